The highest BCUT2D eigenvalue weighted by Crippen LogP contribution is 2.62. The van der Waals surface area contributed by atoms with Crippen molar-refractivity contribution in [2.24, 2.45) is 5.92 Å². The molecule has 0 radical (unpaired) electrons. The van der Waals surface area contributed by atoms with Crippen molar-refractivity contribution < 1.29 is 29.3 Å². The summed E-state index contributed by atoms with van der Waals surface area (Å²) >= 11 is 0. The summed E-state index contributed by atoms with van der Waals surface area (Å²) < 4.78 is 101. The van der Waals surface area contributed by atoms with Crippen LogP contribution in [-0.4, -0.2) is 43.4 Å². The number of likely N-dealkylation sites (tertiary alicyclic amines) is 1. The predicted octanol–water partition coefficient (Wildman–Crippen LogP) is 1.93. The predicted molar refractivity (Wildman–Crippen MR) is 81.6 cm³/mol. The van der Waals surface area contributed by atoms with Crippen LogP contribution in [0.5, 0.6) is 11.5 Å². The molecule has 1 saturated heterocycles. The van der Waals surface area contributed by atoms with Crippen LogP contribution < -0.4 is 9.47 Å². The number of likely N-dealkylation sites (N-methyl/N-ethyl adjacent to an activating group) is 1. The van der Waals surface area contributed by atoms with E-state index < -0.39 is 67.2 Å². The first kappa shape index (κ1) is 6.16. The van der Waals surface area contributed by atoms with E-state index in [-0.39, 0.29) is 42.9 Å². The van der Waals surface area contributed by atoms with Crippen LogP contribution >= 0.6 is 0 Å². The van der Waals surface area contributed by atoms with Crippen molar-refractivity contribution in [2.45, 2.75) is 43.2 Å². The fourth-order valence-electron chi connectivity index (χ4n) is 4.63. The number of piperidine rings is 1. The molecule has 1 unspecified atom stereocenters. The smallest absolute Gasteiger partial charge is 0.174 e. The summed E-state index contributed by atoms with van der Waals surface area (Å²) in [6.45, 7) is -3.04. The summed E-state index contributed by atoms with van der Waals surface area (Å²) in [5, 5.41) is 0. The lowest BCUT2D eigenvalue weighted by Gasteiger charge is -2.57. The molecule has 2 fully saturated rings. The number of Topliss-reactive ketones (excluding diaryl/α,β-unsaturated/α-hetero) is 1. The summed E-state index contributed by atoms with van der Waals surface area (Å²) in [4.78, 5) is 13.8. The second-order valence-electron chi connectivity index (χ2n) is 6.27. The van der Waals surface area contributed by atoms with E-state index in [4.69, 9.17) is 23.2 Å². The van der Waals surface area contributed by atoms with E-state index in [1.165, 1.54) is 0 Å². The SMILES string of the molecule is [2H]c1c([2H])c2c3c(c1OC([2H])([2H])[2H])OC1C(=O)CC[C@@H]4[C@@]31CCN(C([2H])([2H])[2H])[C@]4([2H])C2([2H])[2H]. The Hall–Kier alpha value is -1.55. The fraction of sp³-hybridized carbons (Fsp3) is 0.611. The molecule has 4 heteroatoms. The Bertz CT molecular complexity index is 1080. The summed E-state index contributed by atoms with van der Waals surface area (Å²) in [5.41, 5.74) is -1.65. The molecule has 1 spiro atoms. The van der Waals surface area contributed by atoms with Gasteiger partial charge in [-0.05, 0) is 50.3 Å². The number of hydrogen-bond donors (Lipinski definition) is 0. The second kappa shape index (κ2) is 4.05. The quantitative estimate of drug-likeness (QED) is 0.794. The van der Waals surface area contributed by atoms with Crippen LogP contribution in [0.25, 0.3) is 0 Å². The van der Waals surface area contributed by atoms with E-state index in [0.717, 1.165) is 4.90 Å². The third-order valence-corrected chi connectivity index (χ3v) is 5.47. The summed E-state index contributed by atoms with van der Waals surface area (Å²) in [5.74, 6) is -2.15. The largest absolute Gasteiger partial charge is 0.493 e. The number of rotatable bonds is 1. The molecule has 2 aliphatic carbocycles. The molecule has 1 aromatic carbocycles. The zero-order chi connectivity index (χ0) is 24.5. The number of nitrogens with zero attached hydrogens (tertiary/aromatic N) is 1. The van der Waals surface area contributed by atoms with Crippen molar-refractivity contribution in [3.05, 3.63) is 23.2 Å². The molecule has 4 atom stereocenters. The average molecular weight is 310 g/mol. The lowest BCUT2D eigenvalue weighted by molar-refractivity contribution is -0.138. The van der Waals surface area contributed by atoms with Gasteiger partial charge in [-0.1, -0.05) is 6.04 Å². The number of ether oxygens (including phenoxy) is 2. The molecule has 0 aromatic heterocycles. The third kappa shape index (κ3) is 1.27. The molecule has 5 rings (SSSR count). The molecular formula is C18H21NO3. The molecule has 2 aliphatic heterocycles. The van der Waals surface area contributed by atoms with Crippen LogP contribution in [0, 0.1) is 5.92 Å². The molecule has 0 N–H and O–H groups in total. The number of hydrogen-bond acceptors (Lipinski definition) is 4. The van der Waals surface area contributed by atoms with Gasteiger partial charge in [0.15, 0.2) is 23.4 Å². The number of benzene rings is 1. The van der Waals surface area contributed by atoms with E-state index in [1.54, 1.807) is 0 Å². The minimum atomic E-state index is -3.00. The first-order valence-corrected chi connectivity index (χ1v) is 7.34. The topological polar surface area (TPSA) is 38.8 Å². The van der Waals surface area contributed by atoms with Crippen LogP contribution in [-0.2, 0) is 16.6 Å². The Balaban J connectivity index is 1.91. The van der Waals surface area contributed by atoms with Crippen LogP contribution in [0.1, 0.15) is 45.5 Å². The van der Waals surface area contributed by atoms with Gasteiger partial charge in [-0.2, -0.15) is 0 Å². The molecule has 4 nitrogen and oxygen atoms in total. The number of ketones is 1. The number of carbonyl (C=O) groups excluding carboxylic acids is 1. The van der Waals surface area contributed by atoms with Gasteiger partial charge in [0.2, 0.25) is 0 Å². The summed E-state index contributed by atoms with van der Waals surface area (Å²) in [6.07, 6.45) is -3.94. The van der Waals surface area contributed by atoms with Crippen molar-refractivity contribution in [3.8, 4) is 11.5 Å². The van der Waals surface area contributed by atoms with Crippen LogP contribution in [0.15, 0.2) is 12.1 Å². The van der Waals surface area contributed by atoms with Crippen molar-refractivity contribution >= 4 is 5.78 Å². The van der Waals surface area contributed by atoms with Gasteiger partial charge in [0.25, 0.3) is 0 Å². The lowest BCUT2D eigenvalue weighted by atomic mass is 9.52. The van der Waals surface area contributed by atoms with Gasteiger partial charge in [0.1, 0.15) is 0 Å². The van der Waals surface area contributed by atoms with Gasteiger partial charge >= 0.3 is 0 Å². The third-order valence-electron chi connectivity index (χ3n) is 5.47. The van der Waals surface area contributed by atoms with Crippen LogP contribution in [0.4, 0.5) is 0 Å². The number of methoxy groups -OCH3 is 1. The van der Waals surface area contributed by atoms with E-state index in [0.29, 0.717) is 0 Å². The van der Waals surface area contributed by atoms with Crippen LogP contribution in [0.3, 0.4) is 0 Å². The molecular weight excluding hydrogens is 278 g/mol. The zero-order valence-electron chi connectivity index (χ0n) is 22.7. The normalized spacial score (nSPS) is 52.5. The van der Waals surface area contributed by atoms with E-state index in [1.807, 2.05) is 0 Å². The molecule has 1 aromatic rings. The van der Waals surface area contributed by atoms with Gasteiger partial charge in [0, 0.05) is 31.6 Å². The first-order valence-electron chi connectivity index (χ1n) is 12.8. The summed E-state index contributed by atoms with van der Waals surface area (Å²) in [6, 6.07) is -3.84. The molecule has 2 heterocycles. The second-order valence-corrected chi connectivity index (χ2v) is 6.27. The maximum absolute atomic E-state index is 13.0. The minimum absolute atomic E-state index is 0.0349. The Morgan fingerprint density at radius 3 is 3.45 bits per heavy atom. The van der Waals surface area contributed by atoms with E-state index in [9.17, 15) is 6.17 Å². The molecule has 1 saturated carbocycles. The Kier molecular flexibility index (Phi) is 1.13. The Morgan fingerprint density at radius 1 is 1.64 bits per heavy atom. The highest BCUT2D eigenvalue weighted by molar-refractivity contribution is 5.89. The first-order chi connectivity index (χ1) is 15.0. The molecule has 4 aliphatic rings. The fourth-order valence-corrected chi connectivity index (χ4v) is 4.63. The van der Waals surface area contributed by atoms with Gasteiger partial charge in [-0.25, -0.2) is 0 Å². The molecule has 0 amide bonds. The van der Waals surface area contributed by atoms with Crippen molar-refractivity contribution in [2.75, 3.05) is 20.6 Å². The maximum Gasteiger partial charge on any atom is 0.174 e. The Morgan fingerprint density at radius 2 is 2.59 bits per heavy atom. The van der Waals surface area contributed by atoms with E-state index >= 15 is 0 Å². The van der Waals surface area contributed by atoms with Crippen molar-refractivity contribution in [1.82, 2.24) is 4.90 Å². The standard InChI is InChI=1S/C18H21NO3/c1-19-8-7-18-11-4-5-13(20)17(18)22-16-14(21-2)6-3-10(15(16)18)9-12(11)19/h3,6,11-12,17H,4-5,7-9H2,1-2H3/t11-,12+,17?,18-/m0/s1/i1D3,2D3,3D,6D,9D2,12D. The molecule has 2 bridgehead atoms. The maximum atomic E-state index is 13.0. The minimum Gasteiger partial charge on any atom is -0.493 e. The summed E-state index contributed by atoms with van der Waals surface area (Å²) in [7, 11) is -3.00. The molecule has 22 heavy (non-hydrogen) atoms. The monoisotopic (exact) mass is 310 g/mol. The van der Waals surface area contributed by atoms with Gasteiger partial charge in [-0.3, -0.25) is 4.79 Å². The lowest BCUT2D eigenvalue weighted by Crippen LogP contribution is -2.65. The van der Waals surface area contributed by atoms with Crippen molar-refractivity contribution in [1.29, 1.82) is 0 Å². The van der Waals surface area contributed by atoms with Gasteiger partial charge in [0.05, 0.1) is 13.9 Å². The van der Waals surface area contributed by atoms with E-state index in [2.05, 4.69) is 0 Å². The van der Waals surface area contributed by atoms with Crippen molar-refractivity contribution in [3.63, 3.8) is 0 Å². The van der Waals surface area contributed by atoms with Gasteiger partial charge < -0.3 is 14.4 Å². The highest BCUT2D eigenvalue weighted by atomic mass is 16.5. The highest BCUT2D eigenvalue weighted by Gasteiger charge is 2.65. The Labute approximate surface area is 145 Å². The molecule has 116 valence electrons. The van der Waals surface area contributed by atoms with Crippen LogP contribution in [0.2, 0.25) is 0 Å². The zero-order valence-corrected chi connectivity index (χ0v) is 11.7. The number of carbonyl (C=O) groups is 1. The van der Waals surface area contributed by atoms with Gasteiger partial charge in [-0.15, -0.1) is 0 Å². The average Bonchev–Trinajstić information content (AvgIpc) is 2.98.